The van der Waals surface area contributed by atoms with Crippen LogP contribution in [0.3, 0.4) is 0 Å². The van der Waals surface area contributed by atoms with E-state index in [0.29, 0.717) is 5.56 Å². The highest BCUT2D eigenvalue weighted by Crippen LogP contribution is 2.40. The van der Waals surface area contributed by atoms with E-state index in [0.717, 1.165) is 0 Å². The average molecular weight is 574 g/mol. The Bertz CT molecular complexity index is 1320. The fourth-order valence-electron chi connectivity index (χ4n) is 4.29. The first-order valence-electron chi connectivity index (χ1n) is 11.8. The minimum Gasteiger partial charge on any atom is -0.459 e. The Labute approximate surface area is 222 Å². The molecule has 0 spiro atoms. The molecule has 2 heterocycles. The summed E-state index contributed by atoms with van der Waals surface area (Å²) in [7, 11) is -4.55. The van der Waals surface area contributed by atoms with Crippen molar-refractivity contribution in [3.05, 3.63) is 65.7 Å². The molecule has 2 aliphatic heterocycles. The maximum Gasteiger partial charge on any atom is 0.471 e. The van der Waals surface area contributed by atoms with Crippen LogP contribution < -0.4 is 5.32 Å². The molecule has 1 N–H and O–H groups in total. The molecular formula is C25H26F3NO9S. The van der Waals surface area contributed by atoms with E-state index in [1.807, 2.05) is 0 Å². The predicted octanol–water partition coefficient (Wildman–Crippen LogP) is 2.85. The van der Waals surface area contributed by atoms with E-state index in [2.05, 4.69) is 0 Å². The number of fused-ring (bicyclic) bond motifs is 1. The summed E-state index contributed by atoms with van der Waals surface area (Å²) in [5.41, 5.74) is 0.467. The number of carbonyl (C=O) groups excluding carboxylic acids is 2. The SMILES string of the molecule is Cc1ccccc1S(=O)(=O)O[C@H](COC(=O)c1ccccc1)[C@H]1O[C@@H]2OC(C)(C)O[C@@H]2[C@@H]1NC(=O)C(F)(F)F. The van der Waals surface area contributed by atoms with Gasteiger partial charge in [-0.15, -0.1) is 0 Å². The Balaban J connectivity index is 1.66. The number of carbonyl (C=O) groups is 2. The lowest BCUT2D eigenvalue weighted by molar-refractivity contribution is -0.218. The normalized spacial score (nSPS) is 25.1. The minimum absolute atomic E-state index is 0.137. The van der Waals surface area contributed by atoms with Gasteiger partial charge in [0, 0.05) is 0 Å². The van der Waals surface area contributed by atoms with Crippen LogP contribution in [0.15, 0.2) is 59.5 Å². The van der Waals surface area contributed by atoms with E-state index < -0.39 is 71.2 Å². The summed E-state index contributed by atoms with van der Waals surface area (Å²) in [5, 5.41) is 1.81. The zero-order chi connectivity index (χ0) is 28.6. The Morgan fingerprint density at radius 3 is 2.33 bits per heavy atom. The number of alkyl halides is 3. The van der Waals surface area contributed by atoms with Crippen molar-refractivity contribution >= 4 is 22.0 Å². The third-order valence-electron chi connectivity index (χ3n) is 6.01. The molecule has 2 aromatic carbocycles. The summed E-state index contributed by atoms with van der Waals surface area (Å²) in [4.78, 5) is 24.3. The molecule has 0 bridgehead atoms. The van der Waals surface area contributed by atoms with Gasteiger partial charge in [-0.05, 0) is 44.5 Å². The van der Waals surface area contributed by atoms with E-state index in [1.54, 1.807) is 29.6 Å². The quantitative estimate of drug-likeness (QED) is 0.375. The summed E-state index contributed by atoms with van der Waals surface area (Å²) < 4.78 is 93.7. The van der Waals surface area contributed by atoms with Crippen molar-refractivity contribution in [2.45, 2.75) is 68.3 Å². The highest BCUT2D eigenvalue weighted by molar-refractivity contribution is 7.86. The Morgan fingerprint density at radius 2 is 1.69 bits per heavy atom. The van der Waals surface area contributed by atoms with Crippen molar-refractivity contribution in [2.75, 3.05) is 6.61 Å². The summed E-state index contributed by atoms with van der Waals surface area (Å²) in [6, 6.07) is 12.0. The summed E-state index contributed by atoms with van der Waals surface area (Å²) in [5.74, 6) is -4.43. The van der Waals surface area contributed by atoms with Gasteiger partial charge in [0.15, 0.2) is 12.1 Å². The van der Waals surface area contributed by atoms with Crippen LogP contribution in [0.4, 0.5) is 13.2 Å². The first-order chi connectivity index (χ1) is 18.2. The van der Waals surface area contributed by atoms with Crippen LogP contribution >= 0.6 is 0 Å². The predicted molar refractivity (Wildman–Crippen MR) is 127 cm³/mol. The van der Waals surface area contributed by atoms with Crippen LogP contribution in [0.25, 0.3) is 0 Å². The van der Waals surface area contributed by atoms with Gasteiger partial charge < -0.3 is 24.3 Å². The van der Waals surface area contributed by atoms with E-state index >= 15 is 0 Å². The van der Waals surface area contributed by atoms with E-state index in [9.17, 15) is 31.2 Å². The standard InChI is InChI=1S/C25H26F3NO9S/c1-14-9-7-8-12-17(14)39(32,33)38-16(13-34-21(30)15-10-5-4-6-11-15)19-18(29-23(31)25(26,27)28)20-22(35-19)37-24(2,3)36-20/h4-12,16,18-20,22H,13H2,1-3H3,(H,29,31)/t16-,18-,19-,20-,22-/m1/s1. The number of amides is 1. The fraction of sp³-hybridized carbons (Fsp3) is 0.440. The molecule has 0 unspecified atom stereocenters. The first kappa shape index (κ1) is 29.0. The van der Waals surface area contributed by atoms with Crippen LogP contribution in [0, 0.1) is 6.92 Å². The van der Waals surface area contributed by atoms with E-state index in [-0.39, 0.29) is 10.5 Å². The van der Waals surface area contributed by atoms with Gasteiger partial charge in [-0.25, -0.2) is 4.79 Å². The minimum atomic E-state index is -5.26. The zero-order valence-corrected chi connectivity index (χ0v) is 21.8. The molecule has 2 fully saturated rings. The number of nitrogens with one attached hydrogen (secondary N) is 1. The second-order valence-corrected chi connectivity index (χ2v) is 10.9. The van der Waals surface area contributed by atoms with Crippen LogP contribution in [-0.4, -0.2) is 69.5 Å². The number of esters is 1. The van der Waals surface area contributed by atoms with Crippen molar-refractivity contribution < 1.29 is 54.3 Å². The first-order valence-corrected chi connectivity index (χ1v) is 13.2. The van der Waals surface area contributed by atoms with Gasteiger partial charge in [0.2, 0.25) is 0 Å². The molecule has 4 rings (SSSR count). The maximum absolute atomic E-state index is 13.2. The maximum atomic E-state index is 13.2. The van der Waals surface area contributed by atoms with Crippen molar-refractivity contribution in [1.29, 1.82) is 0 Å². The van der Waals surface area contributed by atoms with Crippen molar-refractivity contribution in [3.8, 4) is 0 Å². The van der Waals surface area contributed by atoms with Gasteiger partial charge in [0.25, 0.3) is 10.1 Å². The van der Waals surface area contributed by atoms with Crippen LogP contribution in [-0.2, 0) is 38.0 Å². The van der Waals surface area contributed by atoms with Crippen molar-refractivity contribution in [2.24, 2.45) is 0 Å². The molecule has 0 aromatic heterocycles. The van der Waals surface area contributed by atoms with Gasteiger partial charge in [-0.3, -0.25) is 8.98 Å². The van der Waals surface area contributed by atoms with Gasteiger partial charge in [-0.2, -0.15) is 21.6 Å². The van der Waals surface area contributed by atoms with Gasteiger partial charge >= 0.3 is 18.1 Å². The van der Waals surface area contributed by atoms with Crippen LogP contribution in [0.2, 0.25) is 0 Å². The lowest BCUT2D eigenvalue weighted by Gasteiger charge is -2.31. The van der Waals surface area contributed by atoms with Crippen molar-refractivity contribution in [1.82, 2.24) is 5.32 Å². The third-order valence-corrected chi connectivity index (χ3v) is 7.51. The molecule has 2 saturated heterocycles. The lowest BCUT2D eigenvalue weighted by atomic mass is 10.0. The monoisotopic (exact) mass is 573 g/mol. The molecule has 0 saturated carbocycles. The Kier molecular flexibility index (Phi) is 8.06. The van der Waals surface area contributed by atoms with Gasteiger partial charge in [0.1, 0.15) is 24.9 Å². The molecular weight excluding hydrogens is 547 g/mol. The molecule has 0 radical (unpaired) electrons. The molecule has 5 atom stereocenters. The average Bonchev–Trinajstić information content (AvgIpc) is 3.33. The molecule has 212 valence electrons. The summed E-state index contributed by atoms with van der Waals surface area (Å²) in [6.45, 7) is 3.74. The highest BCUT2D eigenvalue weighted by Gasteiger charge is 2.59. The Hall–Kier alpha value is -3.04. The molecule has 10 nitrogen and oxygen atoms in total. The number of rotatable bonds is 8. The topological polar surface area (TPSA) is 126 Å². The second kappa shape index (κ2) is 10.8. The largest absolute Gasteiger partial charge is 0.471 e. The number of hydrogen-bond donors (Lipinski definition) is 1. The Morgan fingerprint density at radius 1 is 1.05 bits per heavy atom. The number of halogens is 3. The van der Waals surface area contributed by atoms with Crippen LogP contribution in [0.5, 0.6) is 0 Å². The van der Waals surface area contributed by atoms with Crippen LogP contribution in [0.1, 0.15) is 29.8 Å². The van der Waals surface area contributed by atoms with Gasteiger partial charge in [-0.1, -0.05) is 36.4 Å². The molecule has 2 aliphatic rings. The molecule has 14 heteroatoms. The fourth-order valence-corrected chi connectivity index (χ4v) is 5.59. The molecule has 1 amide bonds. The highest BCUT2D eigenvalue weighted by atomic mass is 32.2. The second-order valence-electron chi connectivity index (χ2n) is 9.39. The van der Waals surface area contributed by atoms with Crippen molar-refractivity contribution in [3.63, 3.8) is 0 Å². The number of ether oxygens (including phenoxy) is 4. The zero-order valence-electron chi connectivity index (χ0n) is 21.0. The third kappa shape index (κ3) is 6.58. The molecule has 2 aromatic rings. The van der Waals surface area contributed by atoms with E-state index in [4.69, 9.17) is 23.1 Å². The lowest BCUT2D eigenvalue weighted by Crippen LogP contribution is -2.56. The summed E-state index contributed by atoms with van der Waals surface area (Å²) >= 11 is 0. The summed E-state index contributed by atoms with van der Waals surface area (Å²) in [6.07, 6.45) is -11.1. The molecule has 0 aliphatic carbocycles. The number of benzene rings is 2. The number of hydrogen-bond acceptors (Lipinski definition) is 9. The van der Waals surface area contributed by atoms with E-state index in [1.165, 1.54) is 51.1 Å². The smallest absolute Gasteiger partial charge is 0.459 e. The van der Waals surface area contributed by atoms with Gasteiger partial charge in [0.05, 0.1) is 16.5 Å². The number of aryl methyl sites for hydroxylation is 1. The molecule has 39 heavy (non-hydrogen) atoms.